The Morgan fingerprint density at radius 1 is 1.25 bits per heavy atom. The minimum Gasteiger partial charge on any atom is -0.382 e. The van der Waals surface area contributed by atoms with Crippen LogP contribution in [0, 0.1) is 0 Å². The average Bonchev–Trinajstić information content (AvgIpc) is 3.22. The fraction of sp³-hybridized carbons (Fsp3) is 0.400. The quantitative estimate of drug-likeness (QED) is 0.660. The minimum atomic E-state index is -0.106. The van der Waals surface area contributed by atoms with Crippen LogP contribution in [-0.4, -0.2) is 62.6 Å². The first kappa shape index (κ1) is 16.1. The van der Waals surface area contributed by atoms with Crippen LogP contribution in [0.4, 0.5) is 5.95 Å². The number of anilines is 1. The number of hydrogen-bond donors (Lipinski definition) is 0. The molecule has 3 aromatic heterocycles. The van der Waals surface area contributed by atoms with Gasteiger partial charge in [0.25, 0.3) is 0 Å². The third kappa shape index (κ3) is 3.11. The molecule has 0 amide bonds. The molecule has 3 rings (SSSR count). The van der Waals surface area contributed by atoms with Crippen molar-refractivity contribution in [1.29, 1.82) is 0 Å². The first-order valence-electron chi connectivity index (χ1n) is 7.48. The van der Waals surface area contributed by atoms with E-state index in [1.165, 1.54) is 0 Å². The van der Waals surface area contributed by atoms with Gasteiger partial charge in [-0.3, -0.25) is 4.68 Å². The molecule has 9 heteroatoms. The van der Waals surface area contributed by atoms with Crippen LogP contribution in [0.25, 0.3) is 11.3 Å². The van der Waals surface area contributed by atoms with E-state index in [2.05, 4.69) is 25.4 Å². The van der Waals surface area contributed by atoms with Crippen molar-refractivity contribution in [2.75, 3.05) is 32.7 Å². The molecule has 0 aliphatic heterocycles. The van der Waals surface area contributed by atoms with E-state index in [1.807, 2.05) is 38.3 Å². The van der Waals surface area contributed by atoms with Crippen LogP contribution in [0.15, 0.2) is 30.9 Å². The van der Waals surface area contributed by atoms with Gasteiger partial charge in [0.05, 0.1) is 18.5 Å². The van der Waals surface area contributed by atoms with Crippen molar-refractivity contribution in [3.8, 4) is 11.3 Å². The molecular weight excluding hydrogens is 308 g/mol. The Hall–Kier alpha value is -2.81. The molecule has 1 unspecified atom stereocenters. The first-order valence-corrected chi connectivity index (χ1v) is 7.48. The molecule has 1 atom stereocenters. The second-order valence-corrected chi connectivity index (χ2v) is 5.60. The van der Waals surface area contributed by atoms with Crippen LogP contribution >= 0.6 is 0 Å². The van der Waals surface area contributed by atoms with Crippen molar-refractivity contribution in [2.45, 2.75) is 6.04 Å². The summed E-state index contributed by atoms with van der Waals surface area (Å²) in [6, 6.07) is 1.84. The van der Waals surface area contributed by atoms with Crippen LogP contribution in [0.3, 0.4) is 0 Å². The van der Waals surface area contributed by atoms with Gasteiger partial charge < -0.3 is 9.64 Å². The predicted octanol–water partition coefficient (Wildman–Crippen LogP) is 0.770. The summed E-state index contributed by atoms with van der Waals surface area (Å²) in [6.45, 7) is 0.471. The number of methoxy groups -OCH3 is 1. The molecule has 0 saturated carbocycles. The van der Waals surface area contributed by atoms with E-state index < -0.39 is 0 Å². The van der Waals surface area contributed by atoms with E-state index in [-0.39, 0.29) is 6.04 Å². The van der Waals surface area contributed by atoms with Crippen LogP contribution in [0.1, 0.15) is 11.7 Å². The highest BCUT2D eigenvalue weighted by Crippen LogP contribution is 2.21. The Bertz CT molecular complexity index is 792. The van der Waals surface area contributed by atoms with Gasteiger partial charge in [0.1, 0.15) is 11.7 Å². The van der Waals surface area contributed by atoms with E-state index in [0.29, 0.717) is 18.2 Å². The largest absolute Gasteiger partial charge is 0.382 e. The highest BCUT2D eigenvalue weighted by atomic mass is 16.5. The van der Waals surface area contributed by atoms with Crippen molar-refractivity contribution in [3.63, 3.8) is 0 Å². The molecule has 9 nitrogen and oxygen atoms in total. The third-order valence-electron chi connectivity index (χ3n) is 3.69. The number of rotatable bonds is 6. The molecule has 126 valence electrons. The topological polar surface area (TPSA) is 86.8 Å². The Kier molecular flexibility index (Phi) is 4.52. The van der Waals surface area contributed by atoms with E-state index in [0.717, 1.165) is 11.3 Å². The zero-order valence-electron chi connectivity index (χ0n) is 14.2. The lowest BCUT2D eigenvalue weighted by atomic mass is 10.2. The molecule has 24 heavy (non-hydrogen) atoms. The van der Waals surface area contributed by atoms with E-state index >= 15 is 0 Å². The summed E-state index contributed by atoms with van der Waals surface area (Å²) in [5, 5.41) is 12.7. The van der Waals surface area contributed by atoms with Crippen LogP contribution < -0.4 is 4.90 Å². The molecule has 0 aliphatic carbocycles. The predicted molar refractivity (Wildman–Crippen MR) is 88.6 cm³/mol. The van der Waals surface area contributed by atoms with Gasteiger partial charge in [-0.15, -0.1) is 5.10 Å². The Morgan fingerprint density at radius 3 is 2.58 bits per heavy atom. The number of nitrogens with zero attached hydrogens (tertiary/aromatic N) is 8. The van der Waals surface area contributed by atoms with Crippen LogP contribution in [0.5, 0.6) is 0 Å². The standard InChI is InChI=1S/C15H20N8O/c1-21(2)15-16-7-11(8-17-15)12-9-23(20-19-12)14(10-24-4)13-5-6-18-22(13)3/h5-9,14H,10H2,1-4H3. The van der Waals surface area contributed by atoms with Gasteiger partial charge in [-0.1, -0.05) is 5.21 Å². The van der Waals surface area contributed by atoms with Crippen molar-refractivity contribution < 1.29 is 4.74 Å². The van der Waals surface area contributed by atoms with Gasteiger partial charge >= 0.3 is 0 Å². The van der Waals surface area contributed by atoms with Crippen molar-refractivity contribution >= 4 is 5.95 Å². The molecule has 0 bridgehead atoms. The van der Waals surface area contributed by atoms with Gasteiger partial charge in [0, 0.05) is 52.4 Å². The summed E-state index contributed by atoms with van der Waals surface area (Å²) >= 11 is 0. The molecule has 0 spiro atoms. The maximum absolute atomic E-state index is 5.33. The van der Waals surface area contributed by atoms with Gasteiger partial charge in [-0.2, -0.15) is 5.10 Å². The number of ether oxygens (including phenoxy) is 1. The first-order chi connectivity index (χ1) is 11.6. The van der Waals surface area contributed by atoms with Crippen molar-refractivity contribution in [2.24, 2.45) is 7.05 Å². The summed E-state index contributed by atoms with van der Waals surface area (Å²) < 4.78 is 8.91. The maximum Gasteiger partial charge on any atom is 0.224 e. The Labute approximate surface area is 139 Å². The molecular formula is C15H20N8O. The van der Waals surface area contributed by atoms with Crippen molar-refractivity contribution in [1.82, 2.24) is 34.7 Å². The van der Waals surface area contributed by atoms with Gasteiger partial charge in [0.2, 0.25) is 5.95 Å². The monoisotopic (exact) mass is 328 g/mol. The molecule has 3 aromatic rings. The minimum absolute atomic E-state index is 0.106. The van der Waals surface area contributed by atoms with Gasteiger partial charge in [-0.25, -0.2) is 14.6 Å². The third-order valence-corrected chi connectivity index (χ3v) is 3.69. The second kappa shape index (κ2) is 6.75. The SMILES string of the molecule is COCC(c1ccnn1C)n1cc(-c2cnc(N(C)C)nc2)nn1. The summed E-state index contributed by atoms with van der Waals surface area (Å²) in [4.78, 5) is 10.5. The second-order valence-electron chi connectivity index (χ2n) is 5.60. The average molecular weight is 328 g/mol. The zero-order chi connectivity index (χ0) is 17.1. The molecule has 3 heterocycles. The molecule has 0 N–H and O–H groups in total. The molecule has 0 saturated heterocycles. The number of aryl methyl sites for hydroxylation is 1. The number of aromatic nitrogens is 7. The van der Waals surface area contributed by atoms with Crippen LogP contribution in [-0.2, 0) is 11.8 Å². The Morgan fingerprint density at radius 2 is 2.00 bits per heavy atom. The fourth-order valence-electron chi connectivity index (χ4n) is 2.41. The van der Waals surface area contributed by atoms with E-state index in [1.54, 1.807) is 35.1 Å². The molecule has 0 aliphatic rings. The summed E-state index contributed by atoms with van der Waals surface area (Å²) in [5.74, 6) is 0.651. The summed E-state index contributed by atoms with van der Waals surface area (Å²) in [7, 11) is 7.35. The Balaban J connectivity index is 1.89. The van der Waals surface area contributed by atoms with Gasteiger partial charge in [-0.05, 0) is 6.07 Å². The summed E-state index contributed by atoms with van der Waals surface area (Å²) in [6.07, 6.45) is 7.10. The lowest BCUT2D eigenvalue weighted by Crippen LogP contribution is -2.19. The molecule has 0 aromatic carbocycles. The summed E-state index contributed by atoms with van der Waals surface area (Å²) in [5.41, 5.74) is 2.52. The number of hydrogen-bond acceptors (Lipinski definition) is 7. The highest BCUT2D eigenvalue weighted by molar-refractivity contribution is 5.55. The normalized spacial score (nSPS) is 12.3. The van der Waals surface area contributed by atoms with E-state index in [9.17, 15) is 0 Å². The maximum atomic E-state index is 5.33. The highest BCUT2D eigenvalue weighted by Gasteiger charge is 2.19. The van der Waals surface area contributed by atoms with Crippen molar-refractivity contribution in [3.05, 3.63) is 36.5 Å². The smallest absolute Gasteiger partial charge is 0.224 e. The zero-order valence-corrected chi connectivity index (χ0v) is 14.2. The van der Waals surface area contributed by atoms with E-state index in [4.69, 9.17) is 4.74 Å². The molecule has 0 fully saturated rings. The molecule has 0 radical (unpaired) electrons. The van der Waals surface area contributed by atoms with Crippen LogP contribution in [0.2, 0.25) is 0 Å². The lowest BCUT2D eigenvalue weighted by Gasteiger charge is -2.16. The van der Waals surface area contributed by atoms with Gasteiger partial charge in [0.15, 0.2) is 0 Å². The lowest BCUT2D eigenvalue weighted by molar-refractivity contribution is 0.160. The fourth-order valence-corrected chi connectivity index (χ4v) is 2.41.